The zero-order chi connectivity index (χ0) is 10.7. The van der Waals surface area contributed by atoms with Crippen LogP contribution in [0.2, 0.25) is 0 Å². The molecule has 0 aromatic carbocycles. The third-order valence-electron chi connectivity index (χ3n) is 4.09. The topological polar surface area (TPSA) is 55.1 Å². The van der Waals surface area contributed by atoms with E-state index in [2.05, 4.69) is 5.32 Å². The average Bonchev–Trinajstić information content (AvgIpc) is 2.30. The monoisotopic (exact) mass is 210 g/mol. The van der Waals surface area contributed by atoms with Crippen LogP contribution < -0.4 is 11.1 Å². The molecule has 1 aliphatic carbocycles. The van der Waals surface area contributed by atoms with Crippen LogP contribution in [-0.2, 0) is 4.79 Å². The normalized spacial score (nSPS) is 37.5. The van der Waals surface area contributed by atoms with Gasteiger partial charge >= 0.3 is 0 Å². The minimum Gasteiger partial charge on any atom is -0.369 e. The standard InChI is InChI=1S/C12H22N2O/c13-12(15)10-6-4-9(5-7-10)11-3-1-2-8-14-11/h9-11,14H,1-8H2,(H2,13,15)/t9?,10?,11-/m0/s1. The molecule has 0 bridgehead atoms. The largest absolute Gasteiger partial charge is 0.369 e. The first kappa shape index (κ1) is 10.9. The van der Waals surface area contributed by atoms with Gasteiger partial charge in [-0.25, -0.2) is 0 Å². The molecule has 0 spiro atoms. The molecule has 1 heterocycles. The summed E-state index contributed by atoms with van der Waals surface area (Å²) in [7, 11) is 0. The van der Waals surface area contributed by atoms with E-state index in [1.54, 1.807) is 0 Å². The Hall–Kier alpha value is -0.570. The summed E-state index contributed by atoms with van der Waals surface area (Å²) in [6, 6.07) is 0.715. The van der Waals surface area contributed by atoms with Crippen molar-refractivity contribution in [1.29, 1.82) is 0 Å². The third kappa shape index (κ3) is 2.71. The number of nitrogens with two attached hydrogens (primary N) is 1. The highest BCUT2D eigenvalue weighted by molar-refractivity contribution is 5.76. The molecule has 2 aliphatic rings. The Morgan fingerprint density at radius 2 is 1.80 bits per heavy atom. The van der Waals surface area contributed by atoms with Gasteiger partial charge in [-0.1, -0.05) is 6.42 Å². The maximum atomic E-state index is 11.0. The molecule has 1 aliphatic heterocycles. The number of carbonyl (C=O) groups is 1. The van der Waals surface area contributed by atoms with Gasteiger partial charge in [-0.3, -0.25) is 4.79 Å². The first-order valence-electron chi connectivity index (χ1n) is 6.30. The Bertz CT molecular complexity index is 216. The molecule has 3 nitrogen and oxygen atoms in total. The summed E-state index contributed by atoms with van der Waals surface area (Å²) < 4.78 is 0. The second kappa shape index (κ2) is 4.97. The highest BCUT2D eigenvalue weighted by Gasteiger charge is 2.30. The second-order valence-corrected chi connectivity index (χ2v) is 5.07. The van der Waals surface area contributed by atoms with E-state index in [4.69, 9.17) is 5.73 Å². The Morgan fingerprint density at radius 3 is 2.33 bits per heavy atom. The number of carbonyl (C=O) groups excluding carboxylic acids is 1. The number of hydrogen-bond acceptors (Lipinski definition) is 2. The number of amides is 1. The second-order valence-electron chi connectivity index (χ2n) is 5.07. The summed E-state index contributed by atoms with van der Waals surface area (Å²) in [5, 5.41) is 3.62. The Labute approximate surface area is 91.8 Å². The van der Waals surface area contributed by atoms with Crippen LogP contribution in [-0.4, -0.2) is 18.5 Å². The molecule has 0 aromatic rings. The lowest BCUT2D eigenvalue weighted by atomic mass is 9.76. The van der Waals surface area contributed by atoms with E-state index in [0.29, 0.717) is 6.04 Å². The van der Waals surface area contributed by atoms with E-state index in [1.807, 2.05) is 0 Å². The quantitative estimate of drug-likeness (QED) is 0.724. The van der Waals surface area contributed by atoms with Gasteiger partial charge in [-0.05, 0) is 51.0 Å². The van der Waals surface area contributed by atoms with Crippen LogP contribution in [0.3, 0.4) is 0 Å². The van der Waals surface area contributed by atoms with Crippen molar-refractivity contribution >= 4 is 5.91 Å². The maximum absolute atomic E-state index is 11.0. The molecule has 1 saturated heterocycles. The fourth-order valence-electron chi connectivity index (χ4n) is 3.09. The van der Waals surface area contributed by atoms with Crippen LogP contribution in [0.1, 0.15) is 44.9 Å². The van der Waals surface area contributed by atoms with Gasteiger partial charge in [0.1, 0.15) is 0 Å². The summed E-state index contributed by atoms with van der Waals surface area (Å²) >= 11 is 0. The van der Waals surface area contributed by atoms with Crippen molar-refractivity contribution in [2.75, 3.05) is 6.54 Å². The summed E-state index contributed by atoms with van der Waals surface area (Å²) in [4.78, 5) is 11.0. The van der Waals surface area contributed by atoms with E-state index in [9.17, 15) is 4.79 Å². The lowest BCUT2D eigenvalue weighted by Crippen LogP contribution is -2.42. The first-order chi connectivity index (χ1) is 7.27. The minimum absolute atomic E-state index is 0.0925. The zero-order valence-electron chi connectivity index (χ0n) is 9.37. The predicted molar refractivity (Wildman–Crippen MR) is 60.3 cm³/mol. The van der Waals surface area contributed by atoms with Gasteiger partial charge in [-0.2, -0.15) is 0 Å². The van der Waals surface area contributed by atoms with E-state index in [-0.39, 0.29) is 11.8 Å². The van der Waals surface area contributed by atoms with E-state index < -0.39 is 0 Å². The molecular weight excluding hydrogens is 188 g/mol. The number of nitrogens with one attached hydrogen (secondary N) is 1. The summed E-state index contributed by atoms with van der Waals surface area (Å²) in [5.41, 5.74) is 5.34. The molecular formula is C12H22N2O. The molecule has 0 aromatic heterocycles. The molecule has 2 fully saturated rings. The molecule has 1 atom stereocenters. The minimum atomic E-state index is -0.0925. The van der Waals surface area contributed by atoms with Gasteiger partial charge in [0.25, 0.3) is 0 Å². The highest BCUT2D eigenvalue weighted by Crippen LogP contribution is 2.32. The molecule has 3 N–H and O–H groups in total. The number of piperidine rings is 1. The van der Waals surface area contributed by atoms with Crippen LogP contribution in [0.25, 0.3) is 0 Å². The number of hydrogen-bond donors (Lipinski definition) is 2. The smallest absolute Gasteiger partial charge is 0.220 e. The van der Waals surface area contributed by atoms with Crippen LogP contribution >= 0.6 is 0 Å². The predicted octanol–water partition coefficient (Wildman–Crippen LogP) is 1.42. The van der Waals surface area contributed by atoms with Gasteiger partial charge in [-0.15, -0.1) is 0 Å². The first-order valence-corrected chi connectivity index (χ1v) is 6.30. The number of rotatable bonds is 2. The Kier molecular flexibility index (Phi) is 3.62. The third-order valence-corrected chi connectivity index (χ3v) is 4.09. The average molecular weight is 210 g/mol. The molecule has 1 amide bonds. The van der Waals surface area contributed by atoms with E-state index in [1.165, 1.54) is 38.6 Å². The molecule has 15 heavy (non-hydrogen) atoms. The van der Waals surface area contributed by atoms with Crippen LogP contribution in [0.4, 0.5) is 0 Å². The van der Waals surface area contributed by atoms with Gasteiger partial charge in [0.05, 0.1) is 0 Å². The van der Waals surface area contributed by atoms with Crippen LogP contribution in [0.5, 0.6) is 0 Å². The van der Waals surface area contributed by atoms with Crippen molar-refractivity contribution in [3.63, 3.8) is 0 Å². The highest BCUT2D eigenvalue weighted by atomic mass is 16.1. The lowest BCUT2D eigenvalue weighted by Gasteiger charge is -2.35. The van der Waals surface area contributed by atoms with Crippen molar-refractivity contribution in [1.82, 2.24) is 5.32 Å². The van der Waals surface area contributed by atoms with E-state index >= 15 is 0 Å². The molecule has 0 radical (unpaired) electrons. The molecule has 2 rings (SSSR count). The van der Waals surface area contributed by atoms with Crippen molar-refractivity contribution in [3.05, 3.63) is 0 Å². The molecule has 86 valence electrons. The van der Waals surface area contributed by atoms with Crippen molar-refractivity contribution < 1.29 is 4.79 Å². The lowest BCUT2D eigenvalue weighted by molar-refractivity contribution is -0.123. The number of primary amides is 1. The fraction of sp³-hybridized carbons (Fsp3) is 0.917. The van der Waals surface area contributed by atoms with Gasteiger partial charge in [0, 0.05) is 12.0 Å². The summed E-state index contributed by atoms with van der Waals surface area (Å²) in [6.45, 7) is 1.18. The summed E-state index contributed by atoms with van der Waals surface area (Å²) in [5.74, 6) is 0.857. The molecule has 0 unspecified atom stereocenters. The van der Waals surface area contributed by atoms with Crippen molar-refractivity contribution in [2.45, 2.75) is 51.0 Å². The SMILES string of the molecule is NC(=O)C1CCC([C@@H]2CCCCN2)CC1. The molecule has 3 heteroatoms. The van der Waals surface area contributed by atoms with Crippen molar-refractivity contribution in [3.8, 4) is 0 Å². The Balaban J connectivity index is 1.79. The summed E-state index contributed by atoms with van der Waals surface area (Å²) in [6.07, 6.45) is 8.42. The van der Waals surface area contributed by atoms with Gasteiger partial charge in [0.2, 0.25) is 5.91 Å². The zero-order valence-corrected chi connectivity index (χ0v) is 9.37. The van der Waals surface area contributed by atoms with Gasteiger partial charge < -0.3 is 11.1 Å². The van der Waals surface area contributed by atoms with Crippen LogP contribution in [0.15, 0.2) is 0 Å². The fourth-order valence-corrected chi connectivity index (χ4v) is 3.09. The molecule has 1 saturated carbocycles. The van der Waals surface area contributed by atoms with Crippen molar-refractivity contribution in [2.24, 2.45) is 17.6 Å². The van der Waals surface area contributed by atoms with Crippen LogP contribution in [0, 0.1) is 11.8 Å². The maximum Gasteiger partial charge on any atom is 0.220 e. The van der Waals surface area contributed by atoms with E-state index in [0.717, 1.165) is 18.8 Å². The Morgan fingerprint density at radius 1 is 1.07 bits per heavy atom. The van der Waals surface area contributed by atoms with Gasteiger partial charge in [0.15, 0.2) is 0 Å².